The van der Waals surface area contributed by atoms with Crippen molar-refractivity contribution in [2.45, 2.75) is 45.4 Å². The SMILES string of the molecule is CCC1CCC(C(=O)NCCc2ccc(N)cc2)CC1. The maximum atomic E-state index is 12.1. The van der Waals surface area contributed by atoms with Crippen molar-refractivity contribution in [1.29, 1.82) is 0 Å². The monoisotopic (exact) mass is 274 g/mol. The Hall–Kier alpha value is -1.51. The topological polar surface area (TPSA) is 55.1 Å². The third kappa shape index (κ3) is 4.26. The number of hydrogen-bond acceptors (Lipinski definition) is 2. The molecular formula is C17H26N2O. The molecule has 1 aromatic rings. The summed E-state index contributed by atoms with van der Waals surface area (Å²) in [5.74, 6) is 1.33. The van der Waals surface area contributed by atoms with Gasteiger partial charge in [0.25, 0.3) is 0 Å². The van der Waals surface area contributed by atoms with Crippen LogP contribution in [0.25, 0.3) is 0 Å². The highest BCUT2D eigenvalue weighted by atomic mass is 16.1. The van der Waals surface area contributed by atoms with Gasteiger partial charge in [-0.1, -0.05) is 25.5 Å². The van der Waals surface area contributed by atoms with E-state index in [9.17, 15) is 4.79 Å². The summed E-state index contributed by atoms with van der Waals surface area (Å²) >= 11 is 0. The van der Waals surface area contributed by atoms with Crippen molar-refractivity contribution >= 4 is 11.6 Å². The van der Waals surface area contributed by atoms with Crippen molar-refractivity contribution in [3.05, 3.63) is 29.8 Å². The molecule has 0 radical (unpaired) electrons. The first-order chi connectivity index (χ1) is 9.69. The van der Waals surface area contributed by atoms with E-state index >= 15 is 0 Å². The van der Waals surface area contributed by atoms with Gasteiger partial charge in [-0.05, 0) is 55.7 Å². The van der Waals surface area contributed by atoms with Crippen molar-refractivity contribution in [2.75, 3.05) is 12.3 Å². The third-order valence-corrected chi connectivity index (χ3v) is 4.49. The van der Waals surface area contributed by atoms with Gasteiger partial charge in [-0.15, -0.1) is 0 Å². The van der Waals surface area contributed by atoms with Crippen LogP contribution in [0.1, 0.15) is 44.6 Å². The van der Waals surface area contributed by atoms with Gasteiger partial charge in [-0.3, -0.25) is 4.79 Å². The fraction of sp³-hybridized carbons (Fsp3) is 0.588. The van der Waals surface area contributed by atoms with Crippen molar-refractivity contribution in [2.24, 2.45) is 11.8 Å². The number of carbonyl (C=O) groups excluding carboxylic acids is 1. The second-order valence-corrected chi connectivity index (χ2v) is 5.91. The minimum Gasteiger partial charge on any atom is -0.399 e. The Morgan fingerprint density at radius 1 is 1.20 bits per heavy atom. The van der Waals surface area contributed by atoms with E-state index in [4.69, 9.17) is 5.73 Å². The molecule has 0 aliphatic heterocycles. The maximum absolute atomic E-state index is 12.1. The summed E-state index contributed by atoms with van der Waals surface area (Å²) in [5.41, 5.74) is 7.65. The largest absolute Gasteiger partial charge is 0.399 e. The molecule has 1 fully saturated rings. The highest BCUT2D eigenvalue weighted by Crippen LogP contribution is 2.30. The molecule has 110 valence electrons. The summed E-state index contributed by atoms with van der Waals surface area (Å²) < 4.78 is 0. The predicted molar refractivity (Wildman–Crippen MR) is 83.3 cm³/mol. The Morgan fingerprint density at radius 3 is 2.45 bits per heavy atom. The molecule has 0 bridgehead atoms. The van der Waals surface area contributed by atoms with Gasteiger partial charge in [-0.2, -0.15) is 0 Å². The minimum atomic E-state index is 0.240. The number of nitrogens with two attached hydrogens (primary N) is 1. The van der Waals surface area contributed by atoms with Crippen LogP contribution in [0.4, 0.5) is 5.69 Å². The summed E-state index contributed by atoms with van der Waals surface area (Å²) in [6, 6.07) is 7.86. The smallest absolute Gasteiger partial charge is 0.223 e. The molecule has 1 aromatic carbocycles. The molecule has 1 aliphatic rings. The van der Waals surface area contributed by atoms with Crippen LogP contribution in [0.5, 0.6) is 0 Å². The Labute approximate surface area is 121 Å². The zero-order chi connectivity index (χ0) is 14.4. The molecular weight excluding hydrogens is 248 g/mol. The number of carbonyl (C=O) groups is 1. The quantitative estimate of drug-likeness (QED) is 0.810. The number of benzene rings is 1. The van der Waals surface area contributed by atoms with Gasteiger partial charge in [0.2, 0.25) is 5.91 Å². The highest BCUT2D eigenvalue weighted by Gasteiger charge is 2.24. The van der Waals surface area contributed by atoms with Crippen molar-refractivity contribution in [3.8, 4) is 0 Å². The van der Waals surface area contributed by atoms with Gasteiger partial charge >= 0.3 is 0 Å². The minimum absolute atomic E-state index is 0.240. The van der Waals surface area contributed by atoms with Crippen molar-refractivity contribution < 1.29 is 4.79 Å². The van der Waals surface area contributed by atoms with E-state index in [0.717, 1.165) is 37.4 Å². The first kappa shape index (κ1) is 14.9. The average Bonchev–Trinajstić information content (AvgIpc) is 2.49. The Balaban J connectivity index is 1.69. The average molecular weight is 274 g/mol. The molecule has 0 saturated heterocycles. The van der Waals surface area contributed by atoms with Crippen molar-refractivity contribution in [1.82, 2.24) is 5.32 Å². The van der Waals surface area contributed by atoms with E-state index < -0.39 is 0 Å². The molecule has 3 heteroatoms. The fourth-order valence-electron chi connectivity index (χ4n) is 2.99. The van der Waals surface area contributed by atoms with Crippen LogP contribution in [0.2, 0.25) is 0 Å². The normalized spacial score (nSPS) is 22.4. The second kappa shape index (κ2) is 7.32. The predicted octanol–water partition coefficient (Wildman–Crippen LogP) is 3.14. The van der Waals surface area contributed by atoms with Crippen LogP contribution in [0.3, 0.4) is 0 Å². The van der Waals surface area contributed by atoms with Crippen LogP contribution in [0.15, 0.2) is 24.3 Å². The van der Waals surface area contributed by atoms with Gasteiger partial charge < -0.3 is 11.1 Å². The maximum Gasteiger partial charge on any atom is 0.223 e. The zero-order valence-electron chi connectivity index (χ0n) is 12.4. The molecule has 3 nitrogen and oxygen atoms in total. The lowest BCUT2D eigenvalue weighted by Gasteiger charge is -2.26. The standard InChI is InChI=1S/C17H26N2O/c1-2-13-3-7-15(8-4-13)17(20)19-12-11-14-5-9-16(18)10-6-14/h5-6,9-10,13,15H,2-4,7-8,11-12,18H2,1H3,(H,19,20). The molecule has 1 saturated carbocycles. The third-order valence-electron chi connectivity index (χ3n) is 4.49. The van der Waals surface area contributed by atoms with E-state index in [1.54, 1.807) is 0 Å². The van der Waals surface area contributed by atoms with Gasteiger partial charge in [0.05, 0.1) is 0 Å². The number of amides is 1. The molecule has 0 heterocycles. The van der Waals surface area contributed by atoms with E-state index in [-0.39, 0.29) is 11.8 Å². The Bertz CT molecular complexity index is 419. The number of nitrogen functional groups attached to an aromatic ring is 1. The van der Waals surface area contributed by atoms with Crippen LogP contribution in [-0.2, 0) is 11.2 Å². The van der Waals surface area contributed by atoms with Gasteiger partial charge in [-0.25, -0.2) is 0 Å². The molecule has 2 rings (SSSR count). The van der Waals surface area contributed by atoms with Gasteiger partial charge in [0, 0.05) is 18.2 Å². The van der Waals surface area contributed by atoms with Crippen LogP contribution >= 0.6 is 0 Å². The Morgan fingerprint density at radius 2 is 1.85 bits per heavy atom. The number of rotatable bonds is 5. The first-order valence-electron chi connectivity index (χ1n) is 7.81. The van der Waals surface area contributed by atoms with E-state index in [1.165, 1.54) is 24.8 Å². The molecule has 3 N–H and O–H groups in total. The summed E-state index contributed by atoms with van der Waals surface area (Å²) in [6.07, 6.45) is 6.68. The number of hydrogen-bond donors (Lipinski definition) is 2. The molecule has 1 amide bonds. The van der Waals surface area contributed by atoms with E-state index in [1.807, 2.05) is 24.3 Å². The zero-order valence-corrected chi connectivity index (χ0v) is 12.4. The van der Waals surface area contributed by atoms with Gasteiger partial charge in [0.15, 0.2) is 0 Å². The molecule has 0 atom stereocenters. The van der Waals surface area contributed by atoms with Crippen molar-refractivity contribution in [3.63, 3.8) is 0 Å². The molecule has 0 aromatic heterocycles. The second-order valence-electron chi connectivity index (χ2n) is 5.91. The molecule has 1 aliphatic carbocycles. The van der Waals surface area contributed by atoms with Gasteiger partial charge in [0.1, 0.15) is 0 Å². The summed E-state index contributed by atoms with van der Waals surface area (Å²) in [6.45, 7) is 2.97. The summed E-state index contributed by atoms with van der Waals surface area (Å²) in [5, 5.41) is 3.08. The number of anilines is 1. The van der Waals surface area contributed by atoms with E-state index in [0.29, 0.717) is 0 Å². The Kier molecular flexibility index (Phi) is 5.45. The fourth-order valence-corrected chi connectivity index (χ4v) is 2.99. The lowest BCUT2D eigenvalue weighted by molar-refractivity contribution is -0.126. The molecule has 0 unspecified atom stereocenters. The summed E-state index contributed by atoms with van der Waals surface area (Å²) in [7, 11) is 0. The van der Waals surface area contributed by atoms with E-state index in [2.05, 4.69) is 12.2 Å². The highest BCUT2D eigenvalue weighted by molar-refractivity contribution is 5.78. The number of nitrogens with one attached hydrogen (secondary N) is 1. The van der Waals surface area contributed by atoms with Crippen LogP contribution in [0, 0.1) is 11.8 Å². The van der Waals surface area contributed by atoms with Crippen LogP contribution < -0.4 is 11.1 Å². The molecule has 20 heavy (non-hydrogen) atoms. The lowest BCUT2D eigenvalue weighted by Crippen LogP contribution is -2.34. The van der Waals surface area contributed by atoms with Crippen LogP contribution in [-0.4, -0.2) is 12.5 Å². The molecule has 0 spiro atoms. The summed E-state index contributed by atoms with van der Waals surface area (Å²) in [4.78, 5) is 12.1. The first-order valence-corrected chi connectivity index (χ1v) is 7.81. The lowest BCUT2D eigenvalue weighted by atomic mass is 9.80.